The maximum absolute atomic E-state index is 14.7. The second-order valence-corrected chi connectivity index (χ2v) is 13.2. The van der Waals surface area contributed by atoms with Crippen LogP contribution in [-0.2, 0) is 32.6 Å². The van der Waals surface area contributed by atoms with Gasteiger partial charge in [-0.05, 0) is 55.7 Å². The third kappa shape index (κ3) is 8.92. The molecule has 0 spiro atoms. The molecule has 9 nitrogen and oxygen atoms in total. The molecule has 0 heterocycles. The highest BCUT2D eigenvalue weighted by Gasteiger charge is 2.35. The first-order valence-corrected chi connectivity index (χ1v) is 17.0. The predicted molar refractivity (Wildman–Crippen MR) is 184 cm³/mol. The van der Waals surface area contributed by atoms with Gasteiger partial charge >= 0.3 is 0 Å². The number of amides is 2. The lowest BCUT2D eigenvalue weighted by molar-refractivity contribution is -0.140. The molecule has 4 aromatic rings. The first-order valence-electron chi connectivity index (χ1n) is 15.6. The number of benzene rings is 4. The van der Waals surface area contributed by atoms with Gasteiger partial charge in [0.2, 0.25) is 11.8 Å². The fourth-order valence-corrected chi connectivity index (χ4v) is 6.69. The molecule has 248 valence electrons. The number of hydrogen-bond acceptors (Lipinski definition) is 6. The molecule has 0 saturated carbocycles. The third-order valence-electron chi connectivity index (χ3n) is 7.80. The van der Waals surface area contributed by atoms with Crippen LogP contribution >= 0.6 is 0 Å². The Morgan fingerprint density at radius 2 is 1.51 bits per heavy atom. The first kappa shape index (κ1) is 35.0. The minimum Gasteiger partial charge on any atom is -0.497 e. The number of anilines is 1. The van der Waals surface area contributed by atoms with Crippen molar-refractivity contribution < 1.29 is 27.5 Å². The summed E-state index contributed by atoms with van der Waals surface area (Å²) in [5.74, 6) is -0.251. The zero-order chi connectivity index (χ0) is 34.0. The Hall–Kier alpha value is -4.83. The van der Waals surface area contributed by atoms with Crippen molar-refractivity contribution in [1.82, 2.24) is 10.2 Å². The molecule has 0 radical (unpaired) electrons. The highest BCUT2D eigenvalue weighted by molar-refractivity contribution is 7.92. The summed E-state index contributed by atoms with van der Waals surface area (Å²) in [5.41, 5.74) is 3.69. The van der Waals surface area contributed by atoms with Crippen molar-refractivity contribution in [3.63, 3.8) is 0 Å². The van der Waals surface area contributed by atoms with E-state index in [9.17, 15) is 18.0 Å². The minimum absolute atomic E-state index is 0.00697. The quantitative estimate of drug-likeness (QED) is 0.176. The highest BCUT2D eigenvalue weighted by Crippen LogP contribution is 2.36. The van der Waals surface area contributed by atoms with Gasteiger partial charge in [-0.3, -0.25) is 13.9 Å². The molecule has 0 fully saturated rings. The molecule has 47 heavy (non-hydrogen) atoms. The van der Waals surface area contributed by atoms with Gasteiger partial charge in [-0.15, -0.1) is 0 Å². The summed E-state index contributed by atoms with van der Waals surface area (Å²) in [7, 11) is -1.40. The number of rotatable bonds is 15. The molecule has 0 aromatic heterocycles. The smallest absolute Gasteiger partial charge is 0.264 e. The predicted octanol–water partition coefficient (Wildman–Crippen LogP) is 5.68. The van der Waals surface area contributed by atoms with Crippen LogP contribution in [0.25, 0.3) is 0 Å². The maximum Gasteiger partial charge on any atom is 0.264 e. The molecule has 1 N–H and O–H groups in total. The van der Waals surface area contributed by atoms with Crippen LogP contribution in [-0.4, -0.2) is 58.5 Å². The zero-order valence-electron chi connectivity index (χ0n) is 27.6. The molecule has 0 aliphatic rings. The van der Waals surface area contributed by atoms with Gasteiger partial charge in [0.15, 0.2) is 0 Å². The van der Waals surface area contributed by atoms with Crippen molar-refractivity contribution in [3.05, 3.63) is 119 Å². The number of ether oxygens (including phenoxy) is 2. The Labute approximate surface area is 278 Å². The molecule has 0 aliphatic carbocycles. The Kier molecular flexibility index (Phi) is 12.0. The minimum atomic E-state index is -4.31. The number of aryl methyl sites for hydroxylation is 2. The second kappa shape index (κ2) is 16.1. The number of nitrogens with zero attached hydrogens (tertiary/aromatic N) is 2. The highest BCUT2D eigenvalue weighted by atomic mass is 32.2. The lowest BCUT2D eigenvalue weighted by Crippen LogP contribution is -2.53. The molecule has 4 aromatic carbocycles. The number of sulfonamides is 1. The average molecular weight is 658 g/mol. The van der Waals surface area contributed by atoms with Gasteiger partial charge in [0.05, 0.1) is 24.8 Å². The normalized spacial score (nSPS) is 11.8. The van der Waals surface area contributed by atoms with E-state index in [1.807, 2.05) is 75.4 Å². The van der Waals surface area contributed by atoms with Gasteiger partial charge in [0.1, 0.15) is 24.1 Å². The van der Waals surface area contributed by atoms with Crippen LogP contribution in [0.4, 0.5) is 5.69 Å². The Morgan fingerprint density at radius 3 is 2.15 bits per heavy atom. The molecule has 0 saturated heterocycles. The molecule has 0 aliphatic heterocycles. The van der Waals surface area contributed by atoms with Gasteiger partial charge in [0, 0.05) is 25.6 Å². The van der Waals surface area contributed by atoms with Crippen molar-refractivity contribution in [2.45, 2.75) is 51.1 Å². The lowest BCUT2D eigenvalue weighted by atomic mass is 10.0. The fourth-order valence-electron chi connectivity index (χ4n) is 5.27. The number of carbonyl (C=O) groups is 2. The van der Waals surface area contributed by atoms with Gasteiger partial charge in [-0.2, -0.15) is 0 Å². The summed E-state index contributed by atoms with van der Waals surface area (Å²) in [5, 5.41) is 2.96. The van der Waals surface area contributed by atoms with E-state index in [4.69, 9.17) is 9.47 Å². The molecule has 1 unspecified atom stereocenters. The standard InChI is InChI=1S/C37H43N3O6S/c1-6-21-38-37(42)34(23-29-12-8-7-9-13-29)39(25-30-14-10-11-28(3)22-30)36(41)26-40(33-24-31(45-4)17-20-35(33)46-5)47(43,44)32-18-15-27(2)16-19-32/h7-20,22,24,34H,6,21,23,25-26H2,1-5H3,(H,38,42). The van der Waals surface area contributed by atoms with Gasteiger partial charge in [0.25, 0.3) is 10.0 Å². The summed E-state index contributed by atoms with van der Waals surface area (Å²) < 4.78 is 40.8. The first-order chi connectivity index (χ1) is 22.6. The largest absolute Gasteiger partial charge is 0.497 e. The number of nitrogens with one attached hydrogen (secondary N) is 1. The molecule has 10 heteroatoms. The van der Waals surface area contributed by atoms with Crippen molar-refractivity contribution >= 4 is 27.5 Å². The van der Waals surface area contributed by atoms with Crippen LogP contribution in [0.5, 0.6) is 11.5 Å². The van der Waals surface area contributed by atoms with E-state index in [1.54, 1.807) is 24.3 Å². The molecule has 0 bridgehead atoms. The summed E-state index contributed by atoms with van der Waals surface area (Å²) in [4.78, 5) is 30.0. The van der Waals surface area contributed by atoms with Crippen LogP contribution in [0.1, 0.15) is 35.6 Å². The molecule has 2 amide bonds. The lowest BCUT2D eigenvalue weighted by Gasteiger charge is -2.34. The average Bonchev–Trinajstić information content (AvgIpc) is 3.07. The van der Waals surface area contributed by atoms with E-state index in [1.165, 1.54) is 37.3 Å². The van der Waals surface area contributed by atoms with Crippen LogP contribution in [0, 0.1) is 13.8 Å². The van der Waals surface area contributed by atoms with Crippen LogP contribution < -0.4 is 19.1 Å². The fraction of sp³-hybridized carbons (Fsp3) is 0.297. The second-order valence-electron chi connectivity index (χ2n) is 11.4. The van der Waals surface area contributed by atoms with E-state index in [0.29, 0.717) is 18.7 Å². The van der Waals surface area contributed by atoms with E-state index in [0.717, 1.165) is 26.6 Å². The zero-order valence-corrected chi connectivity index (χ0v) is 28.4. The van der Waals surface area contributed by atoms with Gasteiger partial charge < -0.3 is 19.7 Å². The number of hydrogen-bond donors (Lipinski definition) is 1. The number of methoxy groups -OCH3 is 2. The topological polar surface area (TPSA) is 105 Å². The molecular formula is C37H43N3O6S. The number of carbonyl (C=O) groups excluding carboxylic acids is 2. The Balaban J connectivity index is 1.86. The van der Waals surface area contributed by atoms with Crippen molar-refractivity contribution in [1.29, 1.82) is 0 Å². The van der Waals surface area contributed by atoms with Gasteiger partial charge in [-0.1, -0.05) is 84.8 Å². The van der Waals surface area contributed by atoms with Crippen LogP contribution in [0.15, 0.2) is 102 Å². The summed E-state index contributed by atoms with van der Waals surface area (Å²) in [6.45, 7) is 5.70. The van der Waals surface area contributed by atoms with Crippen LogP contribution in [0.2, 0.25) is 0 Å². The van der Waals surface area contributed by atoms with E-state index < -0.39 is 28.5 Å². The summed E-state index contributed by atoms with van der Waals surface area (Å²) >= 11 is 0. The third-order valence-corrected chi connectivity index (χ3v) is 9.57. The van der Waals surface area contributed by atoms with E-state index in [2.05, 4.69) is 5.32 Å². The molecule has 4 rings (SSSR count). The maximum atomic E-state index is 14.7. The van der Waals surface area contributed by atoms with E-state index >= 15 is 0 Å². The monoisotopic (exact) mass is 657 g/mol. The Morgan fingerprint density at radius 1 is 0.809 bits per heavy atom. The van der Waals surface area contributed by atoms with Crippen molar-refractivity contribution in [3.8, 4) is 11.5 Å². The van der Waals surface area contributed by atoms with E-state index in [-0.39, 0.29) is 35.2 Å². The SMILES string of the molecule is CCCNC(=O)C(Cc1ccccc1)N(Cc1cccc(C)c1)C(=O)CN(c1cc(OC)ccc1OC)S(=O)(=O)c1ccc(C)cc1. The summed E-state index contributed by atoms with van der Waals surface area (Å²) in [6.07, 6.45) is 0.953. The summed E-state index contributed by atoms with van der Waals surface area (Å²) in [6, 6.07) is 27.4. The molecule has 1 atom stereocenters. The Bertz CT molecular complexity index is 1760. The van der Waals surface area contributed by atoms with Crippen molar-refractivity contribution in [2.24, 2.45) is 0 Å². The van der Waals surface area contributed by atoms with Crippen LogP contribution in [0.3, 0.4) is 0 Å². The molecular weight excluding hydrogens is 614 g/mol. The van der Waals surface area contributed by atoms with Crippen molar-refractivity contribution in [2.75, 3.05) is 31.6 Å². The van der Waals surface area contributed by atoms with Gasteiger partial charge in [-0.25, -0.2) is 8.42 Å².